The van der Waals surface area contributed by atoms with Gasteiger partial charge in [0.1, 0.15) is 18.0 Å². The highest BCUT2D eigenvalue weighted by molar-refractivity contribution is 7.92. The fraction of sp³-hybridized carbons (Fsp3) is 0.296. The lowest BCUT2D eigenvalue weighted by molar-refractivity contribution is -0.119. The highest BCUT2D eigenvalue weighted by atomic mass is 35.5. The van der Waals surface area contributed by atoms with Gasteiger partial charge in [0.05, 0.1) is 23.8 Å². The minimum Gasteiger partial charge on any atom is -0.497 e. The van der Waals surface area contributed by atoms with Gasteiger partial charge in [0.15, 0.2) is 0 Å². The third kappa shape index (κ3) is 7.63. The van der Waals surface area contributed by atoms with Crippen LogP contribution in [0.4, 0.5) is 5.69 Å². The highest BCUT2D eigenvalue weighted by Crippen LogP contribution is 2.26. The molecule has 0 aliphatic carbocycles. The molecule has 0 fully saturated rings. The molecule has 0 atom stereocenters. The maximum Gasteiger partial charge on any atom is 0.264 e. The molecule has 0 aromatic heterocycles. The Balaban J connectivity index is 1.66. The minimum atomic E-state index is -4.02. The molecule has 9 heteroatoms. The molecule has 0 aliphatic rings. The number of aryl methyl sites for hydroxylation is 1. The van der Waals surface area contributed by atoms with Crippen LogP contribution >= 0.6 is 11.6 Å². The fourth-order valence-corrected chi connectivity index (χ4v) is 5.10. The van der Waals surface area contributed by atoms with Crippen LogP contribution in [0.3, 0.4) is 0 Å². The number of sulfonamides is 1. The van der Waals surface area contributed by atoms with Crippen LogP contribution in [0, 0.1) is 0 Å². The molecule has 36 heavy (non-hydrogen) atoms. The summed E-state index contributed by atoms with van der Waals surface area (Å²) in [4.78, 5) is 12.8. The first-order chi connectivity index (χ1) is 17.2. The molecule has 0 heterocycles. The van der Waals surface area contributed by atoms with Gasteiger partial charge in [-0.2, -0.15) is 0 Å². The number of carbonyl (C=O) groups is 1. The summed E-state index contributed by atoms with van der Waals surface area (Å²) in [6.45, 7) is 3.99. The van der Waals surface area contributed by atoms with Crippen molar-refractivity contribution < 1.29 is 22.7 Å². The summed E-state index contributed by atoms with van der Waals surface area (Å²) in [6, 6.07) is 20.2. The zero-order valence-electron chi connectivity index (χ0n) is 20.6. The predicted octanol–water partition coefficient (Wildman–Crippen LogP) is 5.08. The molecule has 0 unspecified atom stereocenters. The van der Waals surface area contributed by atoms with Gasteiger partial charge in [0, 0.05) is 11.6 Å². The van der Waals surface area contributed by atoms with E-state index in [2.05, 4.69) is 5.32 Å². The van der Waals surface area contributed by atoms with Crippen molar-refractivity contribution in [1.82, 2.24) is 5.32 Å². The Bertz CT molecular complexity index is 1250. The summed E-state index contributed by atoms with van der Waals surface area (Å²) in [5.41, 5.74) is 1.44. The molecule has 1 amide bonds. The van der Waals surface area contributed by atoms with Gasteiger partial charge < -0.3 is 14.8 Å². The fourth-order valence-electron chi connectivity index (χ4n) is 3.55. The molecule has 0 spiro atoms. The molecule has 3 rings (SSSR count). The molecule has 3 aromatic rings. The Morgan fingerprint density at radius 2 is 1.69 bits per heavy atom. The molecule has 3 aromatic carbocycles. The average molecular weight is 531 g/mol. The van der Waals surface area contributed by atoms with E-state index in [0.717, 1.165) is 22.0 Å². The number of halogens is 1. The van der Waals surface area contributed by atoms with Crippen molar-refractivity contribution >= 4 is 33.2 Å². The van der Waals surface area contributed by atoms with Gasteiger partial charge in [0.2, 0.25) is 5.91 Å². The summed E-state index contributed by atoms with van der Waals surface area (Å²) in [6.07, 6.45) is 1.54. The van der Waals surface area contributed by atoms with E-state index in [4.69, 9.17) is 21.1 Å². The first kappa shape index (κ1) is 27.4. The summed E-state index contributed by atoms with van der Waals surface area (Å²) < 4.78 is 38.8. The van der Waals surface area contributed by atoms with E-state index in [0.29, 0.717) is 29.4 Å². The number of hydrogen-bond acceptors (Lipinski definition) is 5. The maximum atomic E-state index is 13.4. The van der Waals surface area contributed by atoms with Gasteiger partial charge in [-0.3, -0.25) is 9.10 Å². The van der Waals surface area contributed by atoms with E-state index in [-0.39, 0.29) is 17.5 Å². The lowest BCUT2D eigenvalue weighted by atomic mass is 10.1. The zero-order chi connectivity index (χ0) is 26.1. The second-order valence-electron chi connectivity index (χ2n) is 8.43. The van der Waals surface area contributed by atoms with Crippen LogP contribution in [0.15, 0.2) is 77.7 Å². The molecule has 0 saturated carbocycles. The van der Waals surface area contributed by atoms with Gasteiger partial charge in [-0.15, -0.1) is 0 Å². The zero-order valence-corrected chi connectivity index (χ0v) is 22.2. The molecule has 0 radical (unpaired) electrons. The quantitative estimate of drug-likeness (QED) is 0.330. The van der Waals surface area contributed by atoms with Crippen LogP contribution in [-0.4, -0.2) is 40.6 Å². The van der Waals surface area contributed by atoms with Crippen molar-refractivity contribution in [2.75, 3.05) is 24.5 Å². The summed E-state index contributed by atoms with van der Waals surface area (Å²) in [5.74, 6) is 0.943. The molecule has 192 valence electrons. The number of methoxy groups -OCH3 is 1. The monoisotopic (exact) mass is 530 g/mol. The molecule has 0 bridgehead atoms. The second-order valence-corrected chi connectivity index (χ2v) is 10.7. The molecule has 0 aliphatic heterocycles. The predicted molar refractivity (Wildman–Crippen MR) is 143 cm³/mol. The number of amides is 1. The van der Waals surface area contributed by atoms with Gasteiger partial charge in [-0.1, -0.05) is 23.7 Å². The average Bonchev–Trinajstić information content (AvgIpc) is 2.85. The van der Waals surface area contributed by atoms with E-state index in [9.17, 15) is 13.2 Å². The molecule has 7 nitrogen and oxygen atoms in total. The SMILES string of the molecule is COc1ccc(S(=O)(=O)N(CC(=O)NCCCc2cccc(OC(C)C)c2)c2ccc(Cl)cc2)cc1. The lowest BCUT2D eigenvalue weighted by Crippen LogP contribution is -2.41. The van der Waals surface area contributed by atoms with Crippen LogP contribution in [0.2, 0.25) is 5.02 Å². The van der Waals surface area contributed by atoms with Crippen molar-refractivity contribution in [3.63, 3.8) is 0 Å². The second kappa shape index (κ2) is 12.6. The van der Waals surface area contributed by atoms with E-state index >= 15 is 0 Å². The van der Waals surface area contributed by atoms with Crippen LogP contribution in [0.5, 0.6) is 11.5 Å². The number of benzene rings is 3. The Hall–Kier alpha value is -3.23. The smallest absolute Gasteiger partial charge is 0.264 e. The molecule has 1 N–H and O–H groups in total. The van der Waals surface area contributed by atoms with Crippen LogP contribution in [0.25, 0.3) is 0 Å². The number of nitrogens with zero attached hydrogens (tertiary/aromatic N) is 1. The molecule has 0 saturated heterocycles. The van der Waals surface area contributed by atoms with Gasteiger partial charge in [-0.25, -0.2) is 8.42 Å². The van der Waals surface area contributed by atoms with E-state index < -0.39 is 15.9 Å². The topological polar surface area (TPSA) is 84.9 Å². The van der Waals surface area contributed by atoms with E-state index in [1.165, 1.54) is 19.2 Å². The van der Waals surface area contributed by atoms with Crippen LogP contribution in [-0.2, 0) is 21.2 Å². The summed E-state index contributed by atoms with van der Waals surface area (Å²) in [5, 5.41) is 3.30. The first-order valence-corrected chi connectivity index (χ1v) is 13.5. The normalized spacial score (nSPS) is 11.2. The largest absolute Gasteiger partial charge is 0.497 e. The summed E-state index contributed by atoms with van der Waals surface area (Å²) in [7, 11) is -2.51. The number of hydrogen-bond donors (Lipinski definition) is 1. The molecular weight excluding hydrogens is 500 g/mol. The number of nitrogens with one attached hydrogen (secondary N) is 1. The van der Waals surface area contributed by atoms with Crippen molar-refractivity contribution in [3.05, 3.63) is 83.4 Å². The summed E-state index contributed by atoms with van der Waals surface area (Å²) >= 11 is 5.99. The Morgan fingerprint density at radius 3 is 2.33 bits per heavy atom. The number of rotatable bonds is 12. The lowest BCUT2D eigenvalue weighted by Gasteiger charge is -2.24. The van der Waals surface area contributed by atoms with E-state index in [1.54, 1.807) is 36.4 Å². The van der Waals surface area contributed by atoms with Crippen molar-refractivity contribution in [2.24, 2.45) is 0 Å². The number of anilines is 1. The molecular formula is C27H31ClN2O5S. The van der Waals surface area contributed by atoms with Crippen molar-refractivity contribution in [1.29, 1.82) is 0 Å². The Labute approximate surface area is 218 Å². The number of ether oxygens (including phenoxy) is 2. The maximum absolute atomic E-state index is 13.4. The minimum absolute atomic E-state index is 0.0505. The third-order valence-corrected chi connectivity index (χ3v) is 7.32. The van der Waals surface area contributed by atoms with Crippen molar-refractivity contribution in [3.8, 4) is 11.5 Å². The number of carbonyl (C=O) groups excluding carboxylic acids is 1. The van der Waals surface area contributed by atoms with Crippen LogP contribution in [0.1, 0.15) is 25.8 Å². The van der Waals surface area contributed by atoms with Crippen molar-refractivity contribution in [2.45, 2.75) is 37.7 Å². The Morgan fingerprint density at radius 1 is 1.00 bits per heavy atom. The third-order valence-electron chi connectivity index (χ3n) is 5.28. The first-order valence-electron chi connectivity index (χ1n) is 11.6. The highest BCUT2D eigenvalue weighted by Gasteiger charge is 2.27. The van der Waals surface area contributed by atoms with Gasteiger partial charge >= 0.3 is 0 Å². The van der Waals surface area contributed by atoms with Crippen LogP contribution < -0.4 is 19.1 Å². The van der Waals surface area contributed by atoms with E-state index in [1.807, 2.05) is 38.1 Å². The standard InChI is InChI=1S/C27H31ClN2O5S/c1-20(2)35-25-8-4-6-21(18-25)7-5-17-29-27(31)19-30(23-11-9-22(28)10-12-23)36(32,33)26-15-13-24(34-3)14-16-26/h4,6,8-16,18,20H,5,7,17,19H2,1-3H3,(H,29,31). The van der Waals surface area contributed by atoms with Gasteiger partial charge in [0.25, 0.3) is 10.0 Å². The van der Waals surface area contributed by atoms with Gasteiger partial charge in [-0.05, 0) is 92.9 Å². The Kier molecular flexibility index (Phi) is 9.61.